The predicted octanol–water partition coefficient (Wildman–Crippen LogP) is 5.12. The number of rotatable bonds is 9. The van der Waals surface area contributed by atoms with Gasteiger partial charge in [-0.1, -0.05) is 17.7 Å². The highest BCUT2D eigenvalue weighted by molar-refractivity contribution is 7.80. The molecule has 0 radical (unpaired) electrons. The standard InChI is InChI=1S/C28H29N3O4S2/c1-4-35-27(34)20-7-9-21(10-8-20)29-25(32)17-23-26(33)31(22-11-5-18(2)6-12-22)28(36)30(23)15-13-24-19(3)14-16-37-24/h5-12,14,16,23H,4,13,15,17H2,1-3H3,(H,29,32)/t23-/m1/s1. The summed E-state index contributed by atoms with van der Waals surface area (Å²) in [6.45, 7) is 6.61. The second kappa shape index (κ2) is 11.7. The summed E-state index contributed by atoms with van der Waals surface area (Å²) in [6, 6.07) is 15.4. The van der Waals surface area contributed by atoms with Crippen molar-refractivity contribution in [1.82, 2.24) is 4.90 Å². The number of nitrogens with zero attached hydrogens (tertiary/aromatic N) is 2. The first-order chi connectivity index (χ1) is 17.8. The molecule has 1 atom stereocenters. The summed E-state index contributed by atoms with van der Waals surface area (Å²) >= 11 is 7.44. The molecule has 1 saturated heterocycles. The number of anilines is 2. The largest absolute Gasteiger partial charge is 0.462 e. The average Bonchev–Trinajstić information content (AvgIpc) is 3.38. The van der Waals surface area contributed by atoms with Crippen molar-refractivity contribution >= 4 is 57.8 Å². The summed E-state index contributed by atoms with van der Waals surface area (Å²) in [6.07, 6.45) is 0.677. The average molecular weight is 536 g/mol. The van der Waals surface area contributed by atoms with E-state index in [1.165, 1.54) is 15.3 Å². The van der Waals surface area contributed by atoms with Gasteiger partial charge >= 0.3 is 5.97 Å². The molecule has 1 aliphatic rings. The van der Waals surface area contributed by atoms with Crippen molar-refractivity contribution in [3.63, 3.8) is 0 Å². The molecule has 1 aromatic heterocycles. The third kappa shape index (κ3) is 6.06. The number of hydrogen-bond acceptors (Lipinski definition) is 6. The molecule has 0 unspecified atom stereocenters. The number of hydrogen-bond donors (Lipinski definition) is 1. The maximum atomic E-state index is 13.6. The number of esters is 1. The number of thiophene rings is 1. The fourth-order valence-corrected chi connectivity index (χ4v) is 5.51. The van der Waals surface area contributed by atoms with E-state index < -0.39 is 12.0 Å². The molecular formula is C28H29N3O4S2. The SMILES string of the molecule is CCOC(=O)c1ccc(NC(=O)C[C@@H]2C(=O)N(c3ccc(C)cc3)C(=S)N2CCc2sccc2C)cc1. The van der Waals surface area contributed by atoms with Gasteiger partial charge in [-0.15, -0.1) is 11.3 Å². The lowest BCUT2D eigenvalue weighted by Crippen LogP contribution is -2.39. The van der Waals surface area contributed by atoms with Gasteiger partial charge in [0.25, 0.3) is 5.91 Å². The molecule has 2 amide bonds. The molecule has 7 nitrogen and oxygen atoms in total. The van der Waals surface area contributed by atoms with Gasteiger partial charge in [-0.05, 0) is 92.8 Å². The number of nitrogens with one attached hydrogen (secondary N) is 1. The topological polar surface area (TPSA) is 78.9 Å². The Morgan fingerprint density at radius 1 is 1.05 bits per heavy atom. The Hall–Kier alpha value is -3.56. The van der Waals surface area contributed by atoms with E-state index in [9.17, 15) is 14.4 Å². The van der Waals surface area contributed by atoms with Crippen LogP contribution in [0.25, 0.3) is 0 Å². The van der Waals surface area contributed by atoms with Crippen LogP contribution >= 0.6 is 23.6 Å². The molecule has 1 fully saturated rings. The van der Waals surface area contributed by atoms with Gasteiger partial charge in [0.15, 0.2) is 5.11 Å². The summed E-state index contributed by atoms with van der Waals surface area (Å²) in [4.78, 5) is 43.1. The van der Waals surface area contributed by atoms with Crippen molar-refractivity contribution in [2.75, 3.05) is 23.4 Å². The Balaban J connectivity index is 1.51. The third-order valence-corrected chi connectivity index (χ3v) is 7.72. The van der Waals surface area contributed by atoms with Crippen molar-refractivity contribution in [2.45, 2.75) is 39.7 Å². The Morgan fingerprint density at radius 2 is 1.76 bits per heavy atom. The monoisotopic (exact) mass is 535 g/mol. The van der Waals surface area contributed by atoms with E-state index in [4.69, 9.17) is 17.0 Å². The van der Waals surface area contributed by atoms with E-state index in [2.05, 4.69) is 23.7 Å². The minimum Gasteiger partial charge on any atom is -0.462 e. The van der Waals surface area contributed by atoms with Crippen LogP contribution in [-0.4, -0.2) is 47.0 Å². The molecule has 9 heteroatoms. The number of aryl methyl sites for hydroxylation is 2. The van der Waals surface area contributed by atoms with Gasteiger partial charge in [0, 0.05) is 17.1 Å². The lowest BCUT2D eigenvalue weighted by molar-refractivity contribution is -0.124. The van der Waals surface area contributed by atoms with Crippen molar-refractivity contribution < 1.29 is 19.1 Å². The zero-order valence-corrected chi connectivity index (χ0v) is 22.7. The molecule has 192 valence electrons. The molecule has 1 aliphatic heterocycles. The van der Waals surface area contributed by atoms with Gasteiger partial charge in [-0.25, -0.2) is 4.79 Å². The first-order valence-corrected chi connectivity index (χ1v) is 13.4. The first kappa shape index (κ1) is 26.5. The quantitative estimate of drug-likeness (QED) is 0.303. The molecule has 2 aromatic carbocycles. The summed E-state index contributed by atoms with van der Waals surface area (Å²) in [5.74, 6) is -0.948. The Labute approximate surface area is 226 Å². The van der Waals surface area contributed by atoms with Gasteiger partial charge in [0.05, 0.1) is 24.3 Å². The minimum absolute atomic E-state index is 0.0512. The number of ether oxygens (including phenoxy) is 1. The van der Waals surface area contributed by atoms with Crippen LogP contribution in [0.2, 0.25) is 0 Å². The molecule has 0 aliphatic carbocycles. The van der Waals surface area contributed by atoms with Crippen LogP contribution in [0, 0.1) is 13.8 Å². The van der Waals surface area contributed by atoms with Crippen LogP contribution in [0.5, 0.6) is 0 Å². The van der Waals surface area contributed by atoms with Gasteiger partial charge in [-0.2, -0.15) is 0 Å². The van der Waals surface area contributed by atoms with Gasteiger partial charge in [0.1, 0.15) is 6.04 Å². The van der Waals surface area contributed by atoms with Crippen molar-refractivity contribution in [3.8, 4) is 0 Å². The third-order valence-electron chi connectivity index (χ3n) is 6.22. The van der Waals surface area contributed by atoms with Crippen LogP contribution < -0.4 is 10.2 Å². The number of amides is 2. The van der Waals surface area contributed by atoms with Crippen LogP contribution in [0.4, 0.5) is 11.4 Å². The molecule has 3 aromatic rings. The zero-order valence-electron chi connectivity index (χ0n) is 21.0. The molecule has 1 N–H and O–H groups in total. The second-order valence-electron chi connectivity index (χ2n) is 8.83. The lowest BCUT2D eigenvalue weighted by Gasteiger charge is -2.24. The van der Waals surface area contributed by atoms with Crippen LogP contribution in [-0.2, 0) is 20.7 Å². The smallest absolute Gasteiger partial charge is 0.338 e. The fourth-order valence-electron chi connectivity index (χ4n) is 4.19. The van der Waals surface area contributed by atoms with Crippen LogP contribution in [0.15, 0.2) is 60.0 Å². The van der Waals surface area contributed by atoms with Crippen molar-refractivity contribution in [3.05, 3.63) is 81.5 Å². The molecule has 2 heterocycles. The van der Waals surface area contributed by atoms with Gasteiger partial charge < -0.3 is 15.0 Å². The summed E-state index contributed by atoms with van der Waals surface area (Å²) in [7, 11) is 0. The first-order valence-electron chi connectivity index (χ1n) is 12.1. The van der Waals surface area contributed by atoms with Crippen molar-refractivity contribution in [2.24, 2.45) is 0 Å². The predicted molar refractivity (Wildman–Crippen MR) is 150 cm³/mol. The van der Waals surface area contributed by atoms with E-state index in [1.54, 1.807) is 42.5 Å². The zero-order chi connectivity index (χ0) is 26.5. The van der Waals surface area contributed by atoms with Gasteiger partial charge in [0.2, 0.25) is 5.91 Å². The molecule has 0 saturated carbocycles. The number of carbonyl (C=O) groups is 3. The van der Waals surface area contributed by atoms with E-state index in [0.717, 1.165) is 12.0 Å². The molecule has 4 rings (SSSR count). The van der Waals surface area contributed by atoms with Gasteiger partial charge in [-0.3, -0.25) is 14.5 Å². The fraction of sp³-hybridized carbons (Fsp3) is 0.286. The Bertz CT molecular complexity index is 1300. The highest BCUT2D eigenvalue weighted by atomic mass is 32.1. The Morgan fingerprint density at radius 3 is 2.38 bits per heavy atom. The van der Waals surface area contributed by atoms with Crippen LogP contribution in [0.1, 0.15) is 39.7 Å². The normalized spacial score (nSPS) is 15.3. The number of thiocarbonyl (C=S) groups is 1. The van der Waals surface area contributed by atoms with E-state index >= 15 is 0 Å². The van der Waals surface area contributed by atoms with Crippen LogP contribution in [0.3, 0.4) is 0 Å². The van der Waals surface area contributed by atoms with E-state index in [-0.39, 0.29) is 24.8 Å². The molecule has 0 bridgehead atoms. The van der Waals surface area contributed by atoms with Crippen molar-refractivity contribution in [1.29, 1.82) is 0 Å². The highest BCUT2D eigenvalue weighted by Crippen LogP contribution is 2.29. The minimum atomic E-state index is -0.715. The Kier molecular flexibility index (Phi) is 8.35. The highest BCUT2D eigenvalue weighted by Gasteiger charge is 2.44. The maximum absolute atomic E-state index is 13.6. The summed E-state index contributed by atoms with van der Waals surface area (Å²) in [5, 5.41) is 5.29. The molecular weight excluding hydrogens is 506 g/mol. The lowest BCUT2D eigenvalue weighted by atomic mass is 10.1. The number of carbonyl (C=O) groups excluding carboxylic acids is 3. The second-order valence-corrected chi connectivity index (χ2v) is 10.2. The summed E-state index contributed by atoms with van der Waals surface area (Å²) < 4.78 is 5.00. The van der Waals surface area contributed by atoms with E-state index in [0.29, 0.717) is 28.6 Å². The maximum Gasteiger partial charge on any atom is 0.338 e. The van der Waals surface area contributed by atoms with E-state index in [1.807, 2.05) is 36.1 Å². The molecule has 0 spiro atoms. The molecule has 37 heavy (non-hydrogen) atoms. The number of benzene rings is 2. The summed E-state index contributed by atoms with van der Waals surface area (Å²) in [5.41, 5.74) is 3.91.